The van der Waals surface area contributed by atoms with E-state index in [1.165, 1.54) is 16.8 Å². The summed E-state index contributed by atoms with van der Waals surface area (Å²) in [6, 6.07) is 3.12. The molecule has 0 saturated carbocycles. The Morgan fingerprint density at radius 2 is 1.44 bits per heavy atom. The number of pyridine rings is 1. The van der Waals surface area contributed by atoms with E-state index >= 15 is 0 Å². The van der Waals surface area contributed by atoms with Crippen molar-refractivity contribution < 1.29 is 68.8 Å². The summed E-state index contributed by atoms with van der Waals surface area (Å²) in [5.74, 6) is -3.41. The second kappa shape index (κ2) is 14.5. The first kappa shape index (κ1) is 35.7. The van der Waals surface area contributed by atoms with Crippen LogP contribution < -0.4 is 10.3 Å². The van der Waals surface area contributed by atoms with Gasteiger partial charge in [-0.05, 0) is 6.07 Å². The minimum absolute atomic E-state index is 0.209. The van der Waals surface area contributed by atoms with Gasteiger partial charge in [0.15, 0.2) is 18.5 Å². The first-order valence-electron chi connectivity index (χ1n) is 12.2. The Morgan fingerprint density at radius 3 is 1.85 bits per heavy atom. The van der Waals surface area contributed by atoms with Crippen LogP contribution in [0.1, 0.15) is 58.1 Å². The number of carbonyl (C=O) groups excluding carboxylic acids is 4. The number of halogens is 3. The lowest BCUT2D eigenvalue weighted by Gasteiger charge is -2.24. The van der Waals surface area contributed by atoms with Gasteiger partial charge in [0, 0.05) is 6.07 Å². The maximum Gasteiger partial charge on any atom is 0.522 e. The number of hydrogen-bond acceptors (Lipinski definition) is 10. The Kier molecular flexibility index (Phi) is 12.7. The third-order valence-corrected chi connectivity index (χ3v) is 5.87. The van der Waals surface area contributed by atoms with Crippen molar-refractivity contribution in [2.45, 2.75) is 71.6 Å². The van der Waals surface area contributed by atoms with E-state index in [4.69, 9.17) is 37.7 Å². The number of nitrogens with two attached hydrogens (primary N) is 1. The van der Waals surface area contributed by atoms with Crippen LogP contribution >= 0.6 is 0 Å². The molecule has 0 bridgehead atoms. The molecule has 232 valence electrons. The van der Waals surface area contributed by atoms with Crippen LogP contribution in [0.3, 0.4) is 0 Å². The maximum absolute atomic E-state index is 12.5. The quantitative estimate of drug-likeness (QED) is 0.135. The summed E-state index contributed by atoms with van der Waals surface area (Å²) in [4.78, 5) is 48.6. The third kappa shape index (κ3) is 10.6. The average Bonchev–Trinajstić information content (AvgIpc) is 3.18. The smallest absolute Gasteiger partial charge is 0.463 e. The van der Waals surface area contributed by atoms with Gasteiger partial charge in [0.1, 0.15) is 18.3 Å². The number of hydrogen-bond donors (Lipinski definition) is 2. The molecule has 0 aliphatic carbocycles. The molecule has 17 heteroatoms. The fourth-order valence-corrected chi connectivity index (χ4v) is 3.02. The predicted octanol–water partition coefficient (Wildman–Crippen LogP) is 1.70. The van der Waals surface area contributed by atoms with Crippen molar-refractivity contribution in [2.24, 2.45) is 23.5 Å². The normalized spacial score (nSPS) is 20.8. The number of nitrogens with zero attached hydrogens (tertiary/aromatic N) is 1. The average molecular weight is 616 g/mol. The molecule has 2 rings (SSSR count). The molecule has 0 unspecified atom stereocenters. The lowest BCUT2D eigenvalue weighted by molar-refractivity contribution is -0.765. The molecule has 2 heterocycles. The fraction of sp³-hybridized carbons (Fsp3) is 0.625. The SMILES string of the molecule is CC(C)C(=O)OC[C@H]1O[C@@H]([n+]2cccc(C(N)=O)c2)[C@H](OC(=O)C(C)C)[C@@H]1OC(=O)C(C)C.O=S(=O)(O)C(F)(F)F. The van der Waals surface area contributed by atoms with Crippen molar-refractivity contribution in [3.63, 3.8) is 0 Å². The Morgan fingerprint density at radius 1 is 0.976 bits per heavy atom. The molecule has 0 radical (unpaired) electrons. The second-order valence-corrected chi connectivity index (χ2v) is 11.2. The summed E-state index contributed by atoms with van der Waals surface area (Å²) in [7, 11) is -5.84. The molecule has 0 spiro atoms. The van der Waals surface area contributed by atoms with E-state index in [2.05, 4.69) is 0 Å². The summed E-state index contributed by atoms with van der Waals surface area (Å²) in [6.07, 6.45) is -0.907. The van der Waals surface area contributed by atoms with Crippen LogP contribution in [0, 0.1) is 17.8 Å². The van der Waals surface area contributed by atoms with Gasteiger partial charge in [-0.1, -0.05) is 41.5 Å². The highest BCUT2D eigenvalue weighted by Gasteiger charge is 2.55. The highest BCUT2D eigenvalue weighted by molar-refractivity contribution is 7.86. The number of primary amides is 1. The van der Waals surface area contributed by atoms with Gasteiger partial charge < -0.3 is 24.7 Å². The minimum atomic E-state index is -5.84. The van der Waals surface area contributed by atoms with E-state index in [1.807, 2.05) is 0 Å². The Hall–Kier alpha value is -3.31. The largest absolute Gasteiger partial charge is 0.522 e. The summed E-state index contributed by atoms with van der Waals surface area (Å²) in [5.41, 5.74) is 0.0682. The lowest BCUT2D eigenvalue weighted by Crippen LogP contribution is -2.49. The number of amides is 1. The monoisotopic (exact) mass is 615 g/mol. The molecule has 1 saturated heterocycles. The molecule has 1 amide bonds. The molecule has 0 aromatic carbocycles. The number of carbonyl (C=O) groups is 4. The second-order valence-electron chi connectivity index (χ2n) is 9.79. The molecule has 1 aliphatic heterocycles. The summed E-state index contributed by atoms with van der Waals surface area (Å²) < 4.78 is 81.8. The van der Waals surface area contributed by atoms with Gasteiger partial charge in [0.05, 0.1) is 17.8 Å². The zero-order valence-electron chi connectivity index (χ0n) is 23.2. The van der Waals surface area contributed by atoms with Crippen LogP contribution in [0.4, 0.5) is 13.2 Å². The van der Waals surface area contributed by atoms with E-state index in [0.717, 1.165) is 0 Å². The number of rotatable bonds is 9. The first-order chi connectivity index (χ1) is 18.7. The van der Waals surface area contributed by atoms with E-state index in [9.17, 15) is 32.3 Å². The van der Waals surface area contributed by atoms with Gasteiger partial charge in [-0.3, -0.25) is 23.7 Å². The summed E-state index contributed by atoms with van der Waals surface area (Å²) in [6.45, 7) is 9.85. The highest BCUT2D eigenvalue weighted by atomic mass is 32.2. The zero-order valence-corrected chi connectivity index (χ0v) is 24.0. The number of ether oxygens (including phenoxy) is 4. The molecule has 1 fully saturated rings. The van der Waals surface area contributed by atoms with E-state index in [1.54, 1.807) is 53.8 Å². The lowest BCUT2D eigenvalue weighted by atomic mass is 10.1. The first-order valence-corrected chi connectivity index (χ1v) is 13.7. The summed E-state index contributed by atoms with van der Waals surface area (Å²) in [5, 5.41) is 0. The van der Waals surface area contributed by atoms with Crippen molar-refractivity contribution in [3.05, 3.63) is 30.1 Å². The van der Waals surface area contributed by atoms with Crippen LogP contribution in [-0.2, 0) is 43.4 Å². The minimum Gasteiger partial charge on any atom is -0.463 e. The van der Waals surface area contributed by atoms with Gasteiger partial charge >= 0.3 is 39.8 Å². The van der Waals surface area contributed by atoms with Crippen molar-refractivity contribution in [3.8, 4) is 0 Å². The molecule has 13 nitrogen and oxygen atoms in total. The Labute approximate surface area is 234 Å². The standard InChI is InChI=1S/C23H32N2O8.CHF3O3S/c1-12(2)21(27)30-11-16-17(32-22(28)13(3)4)18(33-23(29)14(5)6)20(31-16)25-9-7-8-15(10-25)19(24)26;2-1(3,4)8(5,6)7/h7-10,12-14,16-18,20H,11H2,1-6H3,(H-,24,26);(H,5,6,7)/p+1/t16-,17-,18-,20-;/m1./s1. The fourth-order valence-electron chi connectivity index (χ4n) is 3.02. The molecule has 41 heavy (non-hydrogen) atoms. The van der Waals surface area contributed by atoms with Gasteiger partial charge in [-0.15, -0.1) is 0 Å². The van der Waals surface area contributed by atoms with Crippen molar-refractivity contribution in [2.75, 3.05) is 6.61 Å². The highest BCUT2D eigenvalue weighted by Crippen LogP contribution is 2.32. The van der Waals surface area contributed by atoms with Gasteiger partial charge in [0.2, 0.25) is 6.10 Å². The van der Waals surface area contributed by atoms with Crippen LogP contribution in [-0.4, -0.2) is 67.2 Å². The summed E-state index contributed by atoms with van der Waals surface area (Å²) >= 11 is 0. The van der Waals surface area contributed by atoms with E-state index in [-0.39, 0.29) is 18.1 Å². The van der Waals surface area contributed by atoms with Gasteiger partial charge in [-0.2, -0.15) is 26.2 Å². The number of alkyl halides is 3. The maximum atomic E-state index is 12.5. The van der Waals surface area contributed by atoms with Gasteiger partial charge in [-0.25, -0.2) is 0 Å². The molecule has 1 aromatic heterocycles. The third-order valence-electron chi connectivity index (χ3n) is 5.29. The molecule has 3 N–H and O–H groups in total. The van der Waals surface area contributed by atoms with Crippen molar-refractivity contribution >= 4 is 33.9 Å². The molecular weight excluding hydrogens is 581 g/mol. The van der Waals surface area contributed by atoms with Crippen molar-refractivity contribution in [1.29, 1.82) is 0 Å². The number of esters is 3. The molecule has 1 aliphatic rings. The van der Waals surface area contributed by atoms with Crippen LogP contribution in [0.15, 0.2) is 24.5 Å². The van der Waals surface area contributed by atoms with Crippen LogP contribution in [0.2, 0.25) is 0 Å². The predicted molar refractivity (Wildman–Crippen MR) is 132 cm³/mol. The number of aromatic nitrogens is 1. The van der Waals surface area contributed by atoms with Gasteiger partial charge in [0.25, 0.3) is 5.91 Å². The van der Waals surface area contributed by atoms with E-state index in [0.29, 0.717) is 0 Å². The molecule has 4 atom stereocenters. The molecular formula is C24H34F3N2O11S+. The van der Waals surface area contributed by atoms with Crippen LogP contribution in [0.25, 0.3) is 0 Å². The van der Waals surface area contributed by atoms with Crippen molar-refractivity contribution in [1.82, 2.24) is 0 Å². The Balaban J connectivity index is 0.000000915. The molecule has 1 aromatic rings. The van der Waals surface area contributed by atoms with Crippen LogP contribution in [0.5, 0.6) is 0 Å². The zero-order chi connectivity index (χ0) is 31.9. The van der Waals surface area contributed by atoms with E-state index < -0.39 is 75.8 Å². The topological polar surface area (TPSA) is 189 Å². The Bertz CT molecular complexity index is 1200.